The van der Waals surface area contributed by atoms with Crippen molar-refractivity contribution in [3.05, 3.63) is 0 Å². The molecule has 2 aliphatic heterocycles. The Morgan fingerprint density at radius 3 is 2.55 bits per heavy atom. The number of hydrogen-bond donors (Lipinski definition) is 0. The Hall–Kier alpha value is -0.610. The van der Waals surface area contributed by atoms with Gasteiger partial charge in [-0.2, -0.15) is 0 Å². The lowest BCUT2D eigenvalue weighted by atomic mass is 9.54. The number of carbonyl (C=O) groups excluding carboxylic acids is 1. The van der Waals surface area contributed by atoms with E-state index in [0.717, 1.165) is 44.9 Å². The van der Waals surface area contributed by atoms with Crippen LogP contribution < -0.4 is 0 Å². The summed E-state index contributed by atoms with van der Waals surface area (Å²) < 4.78 is 18.9. The molecule has 2 spiro atoms. The fourth-order valence-corrected chi connectivity index (χ4v) is 6.62. The first kappa shape index (κ1) is 13.8. The summed E-state index contributed by atoms with van der Waals surface area (Å²) in [5, 5.41) is 0. The van der Waals surface area contributed by atoms with E-state index < -0.39 is 5.79 Å². The van der Waals surface area contributed by atoms with Crippen LogP contribution in [0.2, 0.25) is 0 Å². The van der Waals surface area contributed by atoms with E-state index in [0.29, 0.717) is 5.92 Å². The third-order valence-electron chi connectivity index (χ3n) is 7.27. The van der Waals surface area contributed by atoms with Gasteiger partial charge in [0.1, 0.15) is 11.2 Å². The Morgan fingerprint density at radius 2 is 1.82 bits per heavy atom. The van der Waals surface area contributed by atoms with Crippen molar-refractivity contribution in [2.75, 3.05) is 0 Å². The van der Waals surface area contributed by atoms with Gasteiger partial charge in [0.05, 0.1) is 12.0 Å². The number of ether oxygens (including phenoxy) is 3. The zero-order valence-electron chi connectivity index (χ0n) is 13.8. The molecule has 0 N–H and O–H groups in total. The van der Waals surface area contributed by atoms with E-state index >= 15 is 0 Å². The minimum absolute atomic E-state index is 0.0486. The van der Waals surface area contributed by atoms with Crippen molar-refractivity contribution in [3.8, 4) is 0 Å². The van der Waals surface area contributed by atoms with Crippen LogP contribution in [0.5, 0.6) is 0 Å². The highest BCUT2D eigenvalue weighted by Crippen LogP contribution is 2.75. The van der Waals surface area contributed by atoms with Crippen molar-refractivity contribution in [2.24, 2.45) is 17.3 Å². The summed E-state index contributed by atoms with van der Waals surface area (Å²) in [4.78, 5) is 12.5. The van der Waals surface area contributed by atoms with Crippen molar-refractivity contribution in [2.45, 2.75) is 88.8 Å². The second-order valence-corrected chi connectivity index (χ2v) is 8.90. The van der Waals surface area contributed by atoms with Crippen LogP contribution in [-0.2, 0) is 19.0 Å². The first-order valence-corrected chi connectivity index (χ1v) is 8.93. The molecule has 0 amide bonds. The largest absolute Gasteiger partial charge is 0.459 e. The highest BCUT2D eigenvalue weighted by molar-refractivity contribution is 5.76. The van der Waals surface area contributed by atoms with Crippen LogP contribution in [0.4, 0.5) is 0 Å². The predicted octanol–water partition coefficient (Wildman–Crippen LogP) is 3.18. The first-order chi connectivity index (χ1) is 10.3. The van der Waals surface area contributed by atoms with E-state index in [2.05, 4.69) is 6.92 Å². The number of hydrogen-bond acceptors (Lipinski definition) is 4. The van der Waals surface area contributed by atoms with Gasteiger partial charge in [-0.1, -0.05) is 0 Å². The Kier molecular flexibility index (Phi) is 2.33. The highest BCUT2D eigenvalue weighted by Gasteiger charge is 2.79. The predicted molar refractivity (Wildman–Crippen MR) is 79.0 cm³/mol. The Morgan fingerprint density at radius 1 is 1.05 bits per heavy atom. The quantitative estimate of drug-likeness (QED) is 0.645. The molecule has 5 atom stereocenters. The van der Waals surface area contributed by atoms with Gasteiger partial charge in [-0.25, -0.2) is 0 Å². The van der Waals surface area contributed by atoms with E-state index in [4.69, 9.17) is 14.2 Å². The minimum atomic E-state index is -0.503. The summed E-state index contributed by atoms with van der Waals surface area (Å²) in [6.07, 6.45) is 7.40. The van der Waals surface area contributed by atoms with Crippen molar-refractivity contribution >= 4 is 5.97 Å². The highest BCUT2D eigenvalue weighted by atomic mass is 16.8. The van der Waals surface area contributed by atoms with Gasteiger partial charge in [0.2, 0.25) is 0 Å². The van der Waals surface area contributed by atoms with Crippen molar-refractivity contribution in [1.82, 2.24) is 0 Å². The zero-order valence-corrected chi connectivity index (χ0v) is 13.8. The first-order valence-electron chi connectivity index (χ1n) is 8.93. The number of rotatable bonds is 0. The van der Waals surface area contributed by atoms with Gasteiger partial charge < -0.3 is 14.2 Å². The average Bonchev–Trinajstić information content (AvgIpc) is 3.09. The maximum atomic E-state index is 12.5. The number of carbonyl (C=O) groups is 1. The third-order valence-corrected chi connectivity index (χ3v) is 7.27. The van der Waals surface area contributed by atoms with E-state index in [9.17, 15) is 4.79 Å². The smallest absolute Gasteiger partial charge is 0.309 e. The van der Waals surface area contributed by atoms with Gasteiger partial charge in [-0.15, -0.1) is 0 Å². The SMILES string of the molecule is CC1(C)O[C@@H]2CCC[C@H]3C(=O)O[C@@]4(C)CC[C@]2(O1)C1(CC1)C34. The zero-order chi connectivity index (χ0) is 15.4. The summed E-state index contributed by atoms with van der Waals surface area (Å²) in [6.45, 7) is 6.26. The molecule has 0 aromatic rings. The van der Waals surface area contributed by atoms with E-state index in [1.807, 2.05) is 13.8 Å². The molecule has 5 fully saturated rings. The lowest BCUT2D eigenvalue weighted by molar-refractivity contribution is -0.214. The Balaban J connectivity index is 1.67. The lowest BCUT2D eigenvalue weighted by Gasteiger charge is -2.54. The standard InChI is InChI=1S/C18H26O4/c1-15(2)20-12-6-4-5-11-13-16(3,21-14(11)19)7-10-18(12,22-15)17(13)8-9-17/h11-13H,4-10H2,1-3H3/t11-,12-,13?,16+,18-/m1/s1. The normalized spacial score (nSPS) is 53.6. The van der Waals surface area contributed by atoms with Gasteiger partial charge in [0, 0.05) is 11.3 Å². The Bertz CT molecular complexity index is 551. The summed E-state index contributed by atoms with van der Waals surface area (Å²) in [6, 6.07) is 0. The lowest BCUT2D eigenvalue weighted by Crippen LogP contribution is -2.61. The molecule has 22 heavy (non-hydrogen) atoms. The molecule has 122 valence electrons. The van der Waals surface area contributed by atoms with Crippen molar-refractivity contribution in [1.29, 1.82) is 0 Å². The molecule has 4 nitrogen and oxygen atoms in total. The molecule has 1 unspecified atom stereocenters. The van der Waals surface area contributed by atoms with Crippen LogP contribution in [0.1, 0.15) is 65.7 Å². The van der Waals surface area contributed by atoms with E-state index in [1.54, 1.807) is 0 Å². The van der Waals surface area contributed by atoms with Gasteiger partial charge in [-0.05, 0) is 65.7 Å². The number of esters is 1. The topological polar surface area (TPSA) is 44.8 Å². The fraction of sp³-hybridized carbons (Fsp3) is 0.944. The molecular formula is C18H26O4. The summed E-state index contributed by atoms with van der Waals surface area (Å²) >= 11 is 0. The summed E-state index contributed by atoms with van der Waals surface area (Å²) in [7, 11) is 0. The van der Waals surface area contributed by atoms with Crippen molar-refractivity contribution in [3.63, 3.8) is 0 Å². The van der Waals surface area contributed by atoms with E-state index in [-0.39, 0.29) is 34.6 Å². The molecule has 3 saturated carbocycles. The third kappa shape index (κ3) is 1.40. The fourth-order valence-electron chi connectivity index (χ4n) is 6.62. The molecule has 3 aliphatic carbocycles. The molecule has 2 heterocycles. The molecule has 0 aromatic heterocycles. The molecule has 0 radical (unpaired) electrons. The molecule has 2 bridgehead atoms. The maximum Gasteiger partial charge on any atom is 0.309 e. The molecule has 2 saturated heterocycles. The van der Waals surface area contributed by atoms with Crippen molar-refractivity contribution < 1.29 is 19.0 Å². The average molecular weight is 306 g/mol. The second kappa shape index (κ2) is 3.72. The summed E-state index contributed by atoms with van der Waals surface area (Å²) in [5.74, 6) is -0.0518. The second-order valence-electron chi connectivity index (χ2n) is 8.90. The van der Waals surface area contributed by atoms with Crippen LogP contribution in [-0.4, -0.2) is 29.1 Å². The van der Waals surface area contributed by atoms with E-state index in [1.165, 1.54) is 0 Å². The van der Waals surface area contributed by atoms with Gasteiger partial charge >= 0.3 is 5.97 Å². The Labute approximate surface area is 131 Å². The van der Waals surface area contributed by atoms with Crippen LogP contribution >= 0.6 is 0 Å². The molecule has 0 aromatic carbocycles. The maximum absolute atomic E-state index is 12.5. The van der Waals surface area contributed by atoms with Gasteiger partial charge in [-0.3, -0.25) is 4.79 Å². The minimum Gasteiger partial charge on any atom is -0.459 e. The molecule has 5 aliphatic rings. The van der Waals surface area contributed by atoms with Gasteiger partial charge in [0.15, 0.2) is 5.79 Å². The van der Waals surface area contributed by atoms with Crippen LogP contribution in [0.15, 0.2) is 0 Å². The molecule has 4 heteroatoms. The van der Waals surface area contributed by atoms with Crippen LogP contribution in [0, 0.1) is 17.3 Å². The summed E-state index contributed by atoms with van der Waals surface area (Å²) in [5.41, 5.74) is -0.357. The van der Waals surface area contributed by atoms with Gasteiger partial charge in [0.25, 0.3) is 0 Å². The molecular weight excluding hydrogens is 280 g/mol. The monoisotopic (exact) mass is 306 g/mol. The molecule has 5 rings (SSSR count). The van der Waals surface area contributed by atoms with Crippen LogP contribution in [0.25, 0.3) is 0 Å². The van der Waals surface area contributed by atoms with Crippen LogP contribution in [0.3, 0.4) is 0 Å².